The number of carbonyl (C=O) groups excluding carboxylic acids is 1. The normalized spacial score (nSPS) is 11.5. The summed E-state index contributed by atoms with van der Waals surface area (Å²) in [6.07, 6.45) is 1.30. The second-order valence-electron chi connectivity index (χ2n) is 4.83. The van der Waals surface area contributed by atoms with Crippen molar-refractivity contribution < 1.29 is 19.4 Å². The second kappa shape index (κ2) is 8.84. The molecule has 1 rings (SSSR count). The third-order valence-corrected chi connectivity index (χ3v) is 3.04. The van der Waals surface area contributed by atoms with Crippen molar-refractivity contribution in [2.45, 2.75) is 38.8 Å². The Morgan fingerprint density at radius 3 is 2.71 bits per heavy atom. The first-order valence-corrected chi connectivity index (χ1v) is 6.91. The Labute approximate surface area is 124 Å². The topological polar surface area (TPSA) is 87.7 Å². The Morgan fingerprint density at radius 2 is 2.05 bits per heavy atom. The van der Waals surface area contributed by atoms with Crippen molar-refractivity contribution in [2.75, 3.05) is 7.11 Å². The molecule has 0 heterocycles. The number of amides is 2. The number of rotatable bonds is 8. The molecule has 0 aliphatic rings. The molecule has 0 radical (unpaired) electrons. The molecule has 6 heteroatoms. The van der Waals surface area contributed by atoms with Gasteiger partial charge in [-0.15, -0.1) is 0 Å². The number of hydrogen-bond donors (Lipinski definition) is 3. The summed E-state index contributed by atoms with van der Waals surface area (Å²) < 4.78 is 5.21. The number of para-hydroxylation sites is 1. The Bertz CT molecular complexity index is 476. The number of ether oxygens (including phenoxy) is 1. The molecule has 116 valence electrons. The molecule has 3 N–H and O–H groups in total. The van der Waals surface area contributed by atoms with Gasteiger partial charge in [0.05, 0.1) is 7.11 Å². The summed E-state index contributed by atoms with van der Waals surface area (Å²) in [6.45, 7) is 2.22. The highest BCUT2D eigenvalue weighted by Crippen LogP contribution is 2.16. The van der Waals surface area contributed by atoms with Crippen LogP contribution >= 0.6 is 0 Å². The van der Waals surface area contributed by atoms with Crippen molar-refractivity contribution in [2.24, 2.45) is 0 Å². The number of carboxylic acids is 1. The molecule has 6 nitrogen and oxygen atoms in total. The number of urea groups is 1. The Hall–Kier alpha value is -2.24. The molecule has 0 saturated heterocycles. The van der Waals surface area contributed by atoms with Gasteiger partial charge in [-0.1, -0.05) is 18.2 Å². The number of nitrogens with one attached hydrogen (secondary N) is 2. The van der Waals surface area contributed by atoms with Gasteiger partial charge in [-0.3, -0.25) is 4.79 Å². The van der Waals surface area contributed by atoms with Crippen LogP contribution in [0.4, 0.5) is 4.79 Å². The quantitative estimate of drug-likeness (QED) is 0.685. The number of hydrogen-bond acceptors (Lipinski definition) is 3. The van der Waals surface area contributed by atoms with Gasteiger partial charge in [0.25, 0.3) is 0 Å². The molecular weight excluding hydrogens is 272 g/mol. The zero-order valence-corrected chi connectivity index (χ0v) is 12.4. The largest absolute Gasteiger partial charge is 0.496 e. The summed E-state index contributed by atoms with van der Waals surface area (Å²) in [4.78, 5) is 22.2. The lowest BCUT2D eigenvalue weighted by atomic mass is 10.1. The summed E-state index contributed by atoms with van der Waals surface area (Å²) in [5, 5.41) is 14.1. The molecule has 1 aromatic rings. The van der Waals surface area contributed by atoms with Crippen molar-refractivity contribution in [3.8, 4) is 5.75 Å². The van der Waals surface area contributed by atoms with E-state index in [2.05, 4.69) is 10.6 Å². The van der Waals surface area contributed by atoms with Crippen LogP contribution in [0.2, 0.25) is 0 Å². The molecular formula is C15H22N2O4. The number of aliphatic carboxylic acids is 1. The molecule has 0 saturated carbocycles. The van der Waals surface area contributed by atoms with Crippen molar-refractivity contribution in [3.05, 3.63) is 29.8 Å². The number of carboxylic acid groups (broad SMARTS) is 1. The monoisotopic (exact) mass is 294 g/mol. The average molecular weight is 294 g/mol. The van der Waals surface area contributed by atoms with Gasteiger partial charge in [0.1, 0.15) is 5.75 Å². The number of methoxy groups -OCH3 is 1. The van der Waals surface area contributed by atoms with Crippen LogP contribution in [0, 0.1) is 0 Å². The molecule has 1 atom stereocenters. The predicted molar refractivity (Wildman–Crippen MR) is 79.3 cm³/mol. The fourth-order valence-corrected chi connectivity index (χ4v) is 1.93. The van der Waals surface area contributed by atoms with Crippen molar-refractivity contribution in [3.63, 3.8) is 0 Å². The van der Waals surface area contributed by atoms with Crippen LogP contribution in [0.5, 0.6) is 5.75 Å². The Kier molecular flexibility index (Phi) is 7.08. The van der Waals surface area contributed by atoms with Gasteiger partial charge in [0, 0.05) is 24.6 Å². The van der Waals surface area contributed by atoms with Crippen LogP contribution in [0.1, 0.15) is 31.7 Å². The number of benzene rings is 1. The maximum atomic E-state index is 11.7. The zero-order valence-electron chi connectivity index (χ0n) is 12.4. The van der Waals surface area contributed by atoms with Crippen molar-refractivity contribution in [1.29, 1.82) is 0 Å². The van der Waals surface area contributed by atoms with E-state index in [1.165, 1.54) is 0 Å². The van der Waals surface area contributed by atoms with E-state index in [0.29, 0.717) is 19.4 Å². The van der Waals surface area contributed by atoms with E-state index in [9.17, 15) is 9.59 Å². The van der Waals surface area contributed by atoms with E-state index in [1.807, 2.05) is 31.2 Å². The molecule has 2 amide bonds. The molecule has 1 unspecified atom stereocenters. The van der Waals surface area contributed by atoms with E-state index < -0.39 is 5.97 Å². The SMILES string of the molecule is COc1ccccc1CNC(=O)NC(C)CCCC(=O)O. The van der Waals surface area contributed by atoms with Crippen molar-refractivity contribution in [1.82, 2.24) is 10.6 Å². The molecule has 0 spiro atoms. The predicted octanol–water partition coefficient (Wildman–Crippen LogP) is 2.14. The molecule has 1 aromatic carbocycles. The van der Waals surface area contributed by atoms with E-state index in [4.69, 9.17) is 9.84 Å². The molecule has 0 bridgehead atoms. The van der Waals surface area contributed by atoms with E-state index in [1.54, 1.807) is 7.11 Å². The van der Waals surface area contributed by atoms with Crippen LogP contribution in [0.15, 0.2) is 24.3 Å². The first-order chi connectivity index (χ1) is 10.0. The lowest BCUT2D eigenvalue weighted by Gasteiger charge is -2.15. The summed E-state index contributed by atoms with van der Waals surface area (Å²) >= 11 is 0. The second-order valence-corrected chi connectivity index (χ2v) is 4.83. The smallest absolute Gasteiger partial charge is 0.315 e. The molecule has 0 aromatic heterocycles. The first kappa shape index (κ1) is 16.8. The minimum Gasteiger partial charge on any atom is -0.496 e. The van der Waals surface area contributed by atoms with E-state index in [0.717, 1.165) is 11.3 Å². The summed E-state index contributed by atoms with van der Waals surface area (Å²) in [6, 6.07) is 7.13. The highest BCUT2D eigenvalue weighted by Gasteiger charge is 2.09. The minimum atomic E-state index is -0.817. The molecule has 0 fully saturated rings. The van der Waals surface area contributed by atoms with Crippen LogP contribution in [-0.4, -0.2) is 30.3 Å². The van der Waals surface area contributed by atoms with Gasteiger partial charge in [0.2, 0.25) is 0 Å². The maximum absolute atomic E-state index is 11.7. The third-order valence-electron chi connectivity index (χ3n) is 3.04. The van der Waals surface area contributed by atoms with Gasteiger partial charge in [-0.2, -0.15) is 0 Å². The lowest BCUT2D eigenvalue weighted by Crippen LogP contribution is -2.40. The van der Waals surface area contributed by atoms with Gasteiger partial charge in [-0.25, -0.2) is 4.79 Å². The molecule has 0 aliphatic heterocycles. The van der Waals surface area contributed by atoms with Gasteiger partial charge in [-0.05, 0) is 25.8 Å². The number of carbonyl (C=O) groups is 2. The van der Waals surface area contributed by atoms with Gasteiger partial charge in [0.15, 0.2) is 0 Å². The fourth-order valence-electron chi connectivity index (χ4n) is 1.93. The summed E-state index contributed by atoms with van der Waals surface area (Å²) in [5.41, 5.74) is 0.897. The van der Waals surface area contributed by atoms with E-state index >= 15 is 0 Å². The summed E-state index contributed by atoms with van der Waals surface area (Å²) in [5.74, 6) is -0.0878. The minimum absolute atomic E-state index is 0.0676. The van der Waals surface area contributed by atoms with Crippen LogP contribution < -0.4 is 15.4 Å². The highest BCUT2D eigenvalue weighted by molar-refractivity contribution is 5.74. The zero-order chi connectivity index (χ0) is 15.7. The highest BCUT2D eigenvalue weighted by atomic mass is 16.5. The van der Waals surface area contributed by atoms with Gasteiger partial charge >= 0.3 is 12.0 Å². The Balaban J connectivity index is 2.32. The average Bonchev–Trinajstić information content (AvgIpc) is 2.45. The summed E-state index contributed by atoms with van der Waals surface area (Å²) in [7, 11) is 1.59. The standard InChI is InChI=1S/C15H22N2O4/c1-11(6-5-9-14(18)19)17-15(20)16-10-12-7-3-4-8-13(12)21-2/h3-4,7-8,11H,5-6,9-10H2,1-2H3,(H,18,19)(H2,16,17,20). The van der Waals surface area contributed by atoms with E-state index in [-0.39, 0.29) is 18.5 Å². The molecule has 0 aliphatic carbocycles. The van der Waals surface area contributed by atoms with Crippen molar-refractivity contribution >= 4 is 12.0 Å². The third kappa shape index (κ3) is 6.65. The van der Waals surface area contributed by atoms with Gasteiger partial charge < -0.3 is 20.5 Å². The fraction of sp³-hybridized carbons (Fsp3) is 0.467. The first-order valence-electron chi connectivity index (χ1n) is 6.91. The Morgan fingerprint density at radius 1 is 1.33 bits per heavy atom. The van der Waals surface area contributed by atoms with Crippen LogP contribution in [-0.2, 0) is 11.3 Å². The maximum Gasteiger partial charge on any atom is 0.315 e. The van der Waals surface area contributed by atoms with Crippen LogP contribution in [0.3, 0.4) is 0 Å². The molecule has 21 heavy (non-hydrogen) atoms. The van der Waals surface area contributed by atoms with Crippen LogP contribution in [0.25, 0.3) is 0 Å². The lowest BCUT2D eigenvalue weighted by molar-refractivity contribution is -0.137.